The first-order valence-electron chi connectivity index (χ1n) is 11.3. The van der Waals surface area contributed by atoms with Crippen molar-refractivity contribution in [3.63, 3.8) is 0 Å². The fourth-order valence-electron chi connectivity index (χ4n) is 7.54. The van der Waals surface area contributed by atoms with Crippen LogP contribution >= 0.6 is 0 Å². The normalized spacial score (nSPS) is 47.2. The molecule has 1 N–H and O–H groups in total. The topological polar surface area (TPSA) is 47.9 Å². The Kier molecular flexibility index (Phi) is 3.95. The SMILES string of the molecule is COc1ccc2c(c1C)CC[C@]1(C)[C@H]3CC[C@@]21O[C@@]1(OC(C)(C)[C@@H](C)[C@H]1O)[C@H]3C. The van der Waals surface area contributed by atoms with E-state index < -0.39 is 23.1 Å². The lowest BCUT2D eigenvalue weighted by molar-refractivity contribution is -0.391. The van der Waals surface area contributed by atoms with E-state index in [2.05, 4.69) is 53.7 Å². The summed E-state index contributed by atoms with van der Waals surface area (Å²) in [5, 5.41) is 11.4. The molecule has 0 radical (unpaired) electrons. The van der Waals surface area contributed by atoms with E-state index in [-0.39, 0.29) is 17.3 Å². The number of rotatable bonds is 1. The van der Waals surface area contributed by atoms with Crippen LogP contribution in [0.1, 0.15) is 70.6 Å². The second-order valence-corrected chi connectivity index (χ2v) is 10.9. The number of hydrogen-bond acceptors (Lipinski definition) is 4. The summed E-state index contributed by atoms with van der Waals surface area (Å²) in [5.74, 6) is 0.659. The predicted octanol–water partition coefficient (Wildman–Crippen LogP) is 4.73. The molecule has 0 amide bonds. The Morgan fingerprint density at radius 2 is 1.79 bits per heavy atom. The first-order chi connectivity index (χ1) is 13.5. The number of aliphatic hydroxyl groups excluding tert-OH is 1. The Bertz CT molecular complexity index is 863. The molecular formula is C25H36O4. The predicted molar refractivity (Wildman–Crippen MR) is 112 cm³/mol. The summed E-state index contributed by atoms with van der Waals surface area (Å²) in [6, 6.07) is 4.31. The standard InChI is InChI=1S/C25H36O4/c1-14-17-10-12-23(6)18-11-13-24(23,19(17)8-9-20(14)27-7)29-25(15(18)2)21(26)16(3)22(4,5)28-25/h8-9,15-16,18,21,26H,10-13H2,1-7H3/t15-,16-,18-,21+,23+,24+,25-/m0/s1. The summed E-state index contributed by atoms with van der Waals surface area (Å²) in [7, 11) is 1.74. The van der Waals surface area contributed by atoms with Crippen molar-refractivity contribution in [1.82, 2.24) is 0 Å². The van der Waals surface area contributed by atoms with E-state index in [1.54, 1.807) is 7.11 Å². The fourth-order valence-corrected chi connectivity index (χ4v) is 7.54. The number of fused-ring (bicyclic) bond motifs is 1. The van der Waals surface area contributed by atoms with Crippen LogP contribution in [0.3, 0.4) is 0 Å². The second-order valence-electron chi connectivity index (χ2n) is 10.9. The van der Waals surface area contributed by atoms with Crippen LogP contribution in [0.4, 0.5) is 0 Å². The quantitative estimate of drug-likeness (QED) is 0.740. The average Bonchev–Trinajstić information content (AvgIpc) is 3.00. The molecule has 4 nitrogen and oxygen atoms in total. The van der Waals surface area contributed by atoms with Crippen LogP contribution in [-0.2, 0) is 21.5 Å². The Morgan fingerprint density at radius 3 is 2.41 bits per heavy atom. The second kappa shape index (κ2) is 5.77. The zero-order valence-electron chi connectivity index (χ0n) is 19.0. The minimum absolute atomic E-state index is 0.0192. The molecule has 160 valence electrons. The molecule has 1 aromatic rings. The molecule has 1 saturated carbocycles. The molecular weight excluding hydrogens is 364 g/mol. The van der Waals surface area contributed by atoms with Crippen molar-refractivity contribution < 1.29 is 19.3 Å². The van der Waals surface area contributed by atoms with Gasteiger partial charge in [-0.05, 0) is 75.1 Å². The van der Waals surface area contributed by atoms with E-state index in [4.69, 9.17) is 14.2 Å². The van der Waals surface area contributed by atoms with Crippen LogP contribution < -0.4 is 4.74 Å². The van der Waals surface area contributed by atoms with Crippen LogP contribution in [-0.4, -0.2) is 29.7 Å². The van der Waals surface area contributed by atoms with Crippen molar-refractivity contribution in [1.29, 1.82) is 0 Å². The lowest BCUT2D eigenvalue weighted by atomic mass is 9.55. The Morgan fingerprint density at radius 1 is 1.07 bits per heavy atom. The molecule has 3 fully saturated rings. The molecule has 0 unspecified atom stereocenters. The maximum atomic E-state index is 11.4. The van der Waals surface area contributed by atoms with Gasteiger partial charge in [0.25, 0.3) is 0 Å². The molecule has 1 aromatic carbocycles. The van der Waals surface area contributed by atoms with Gasteiger partial charge in [-0.2, -0.15) is 0 Å². The third kappa shape index (κ3) is 2.11. The van der Waals surface area contributed by atoms with Crippen molar-refractivity contribution in [2.45, 2.75) is 90.3 Å². The first-order valence-corrected chi connectivity index (χ1v) is 11.3. The van der Waals surface area contributed by atoms with Gasteiger partial charge in [0, 0.05) is 17.3 Å². The summed E-state index contributed by atoms with van der Waals surface area (Å²) >= 11 is 0. The first kappa shape index (κ1) is 19.8. The van der Waals surface area contributed by atoms with Crippen molar-refractivity contribution in [2.24, 2.45) is 23.2 Å². The van der Waals surface area contributed by atoms with Crippen LogP contribution in [0.2, 0.25) is 0 Å². The molecule has 0 aromatic heterocycles. The summed E-state index contributed by atoms with van der Waals surface area (Å²) in [4.78, 5) is 0. The Hall–Kier alpha value is -1.10. The third-order valence-electron chi connectivity index (χ3n) is 9.62. The van der Waals surface area contributed by atoms with E-state index in [0.717, 1.165) is 31.4 Å². The lowest BCUT2D eigenvalue weighted by Crippen LogP contribution is -2.65. The molecule has 2 heterocycles. The Labute approximate surface area is 174 Å². The van der Waals surface area contributed by atoms with Crippen molar-refractivity contribution in [3.05, 3.63) is 28.8 Å². The van der Waals surface area contributed by atoms with Gasteiger partial charge >= 0.3 is 0 Å². The molecule has 29 heavy (non-hydrogen) atoms. The van der Waals surface area contributed by atoms with Gasteiger partial charge in [0.15, 0.2) is 5.79 Å². The van der Waals surface area contributed by atoms with Crippen LogP contribution in [0.25, 0.3) is 0 Å². The third-order valence-corrected chi connectivity index (χ3v) is 9.62. The zero-order chi connectivity index (χ0) is 21.0. The van der Waals surface area contributed by atoms with Crippen LogP contribution in [0.15, 0.2) is 12.1 Å². The number of ether oxygens (including phenoxy) is 3. The Balaban J connectivity index is 1.71. The minimum Gasteiger partial charge on any atom is -0.496 e. The molecule has 4 heteroatoms. The molecule has 2 aliphatic carbocycles. The summed E-state index contributed by atoms with van der Waals surface area (Å²) in [5.41, 5.74) is 3.13. The van der Waals surface area contributed by atoms with E-state index in [0.29, 0.717) is 5.92 Å². The van der Waals surface area contributed by atoms with Gasteiger partial charge in [0.2, 0.25) is 0 Å². The molecule has 5 rings (SSSR count). The van der Waals surface area contributed by atoms with Crippen LogP contribution in [0, 0.1) is 30.1 Å². The highest BCUT2D eigenvalue weighted by atomic mass is 16.7. The van der Waals surface area contributed by atoms with Gasteiger partial charge in [-0.3, -0.25) is 0 Å². The highest BCUT2D eigenvalue weighted by Crippen LogP contribution is 2.72. The number of benzene rings is 1. The van der Waals surface area contributed by atoms with E-state index in [9.17, 15) is 5.11 Å². The van der Waals surface area contributed by atoms with Crippen LogP contribution in [0.5, 0.6) is 5.75 Å². The molecule has 7 atom stereocenters. The highest BCUT2D eigenvalue weighted by Gasteiger charge is 2.75. The summed E-state index contributed by atoms with van der Waals surface area (Å²) in [6.45, 7) is 13.1. The maximum Gasteiger partial charge on any atom is 0.199 e. The minimum atomic E-state index is -0.938. The largest absolute Gasteiger partial charge is 0.496 e. The van der Waals surface area contributed by atoms with Gasteiger partial charge in [-0.25, -0.2) is 0 Å². The van der Waals surface area contributed by atoms with E-state index >= 15 is 0 Å². The maximum absolute atomic E-state index is 11.4. The van der Waals surface area contributed by atoms with Crippen molar-refractivity contribution in [3.8, 4) is 5.75 Å². The smallest absolute Gasteiger partial charge is 0.199 e. The molecule has 4 aliphatic rings. The van der Waals surface area contributed by atoms with Gasteiger partial charge in [0.05, 0.1) is 12.7 Å². The molecule has 1 spiro atoms. The molecule has 2 bridgehead atoms. The number of hydrogen-bond donors (Lipinski definition) is 1. The average molecular weight is 401 g/mol. The molecule has 2 saturated heterocycles. The van der Waals surface area contributed by atoms with Gasteiger partial charge in [-0.15, -0.1) is 0 Å². The van der Waals surface area contributed by atoms with Gasteiger partial charge in [-0.1, -0.05) is 26.8 Å². The van der Waals surface area contributed by atoms with E-state index in [1.165, 1.54) is 16.7 Å². The summed E-state index contributed by atoms with van der Waals surface area (Å²) < 4.78 is 19.5. The summed E-state index contributed by atoms with van der Waals surface area (Å²) in [6.07, 6.45) is 3.65. The monoisotopic (exact) mass is 400 g/mol. The number of methoxy groups -OCH3 is 1. The van der Waals surface area contributed by atoms with Gasteiger partial charge < -0.3 is 19.3 Å². The van der Waals surface area contributed by atoms with Crippen molar-refractivity contribution >= 4 is 0 Å². The van der Waals surface area contributed by atoms with Gasteiger partial charge in [0.1, 0.15) is 17.5 Å². The lowest BCUT2D eigenvalue weighted by Gasteiger charge is -2.61. The molecule has 2 aliphatic heterocycles. The van der Waals surface area contributed by atoms with Crippen molar-refractivity contribution in [2.75, 3.05) is 7.11 Å². The fraction of sp³-hybridized carbons (Fsp3) is 0.760. The number of aliphatic hydroxyl groups is 1. The van der Waals surface area contributed by atoms with E-state index in [1.807, 2.05) is 0 Å². The zero-order valence-corrected chi connectivity index (χ0v) is 19.0. The highest BCUT2D eigenvalue weighted by molar-refractivity contribution is 5.50.